The molecule has 4 saturated heterocycles. The zero-order valence-corrected chi connectivity index (χ0v) is 46.5. The molecule has 2 amide bonds. The molecule has 2 bridgehead atoms. The number of nitrogens with one attached hydrogen (secondary N) is 3. The molecule has 4 N–H and O–H groups in total. The Morgan fingerprint density at radius 1 is 1.09 bits per heavy atom. The van der Waals surface area contributed by atoms with E-state index in [4.69, 9.17) is 38.1 Å². The number of fused-ring (bicyclic) bond motifs is 3. The van der Waals surface area contributed by atoms with E-state index in [1.807, 2.05) is 20.8 Å². The maximum atomic E-state index is 15.2. The Morgan fingerprint density at radius 2 is 1.88 bits per heavy atom. The lowest BCUT2D eigenvalue weighted by atomic mass is 9.78. The van der Waals surface area contributed by atoms with Crippen LogP contribution in [0.25, 0.3) is 33.4 Å². The summed E-state index contributed by atoms with van der Waals surface area (Å²) >= 11 is 1.49. The number of aromatic nitrogens is 4. The van der Waals surface area contributed by atoms with Crippen LogP contribution in [0, 0.1) is 35.0 Å². The van der Waals surface area contributed by atoms with E-state index < -0.39 is 17.5 Å². The number of carbonyl (C=O) groups excluding carboxylic acids is 3. The number of carbonyl (C=O) groups is 3. The van der Waals surface area contributed by atoms with Gasteiger partial charge in [-0.2, -0.15) is 0 Å². The molecule has 2 saturated carbocycles. The predicted molar refractivity (Wildman–Crippen MR) is 293 cm³/mol. The first-order valence-corrected chi connectivity index (χ1v) is 28.6. The van der Waals surface area contributed by atoms with E-state index in [1.165, 1.54) is 17.7 Å². The van der Waals surface area contributed by atoms with Gasteiger partial charge in [-0.3, -0.25) is 29.3 Å². The van der Waals surface area contributed by atoms with Crippen molar-refractivity contribution in [1.29, 1.82) is 0 Å². The second kappa shape index (κ2) is 24.8. The molecule has 2 aliphatic carbocycles. The Hall–Kier alpha value is -5.60. The number of methoxy groups -OCH3 is 1. The van der Waals surface area contributed by atoms with Crippen molar-refractivity contribution >= 4 is 40.5 Å². The van der Waals surface area contributed by atoms with E-state index in [1.54, 1.807) is 24.6 Å². The number of hydrogen-bond donors (Lipinski definition) is 4. The van der Waals surface area contributed by atoms with Crippen molar-refractivity contribution in [3.63, 3.8) is 0 Å². The normalized spacial score (nSPS) is 23.2. The van der Waals surface area contributed by atoms with Gasteiger partial charge in [-0.25, -0.2) is 15.4 Å². The van der Waals surface area contributed by atoms with Crippen LogP contribution >= 0.6 is 11.3 Å². The van der Waals surface area contributed by atoms with Crippen molar-refractivity contribution in [2.75, 3.05) is 79.5 Å². The Labute approximate surface area is 460 Å². The number of aliphatic hydroxyl groups is 1. The second-order valence-corrected chi connectivity index (χ2v) is 23.3. The van der Waals surface area contributed by atoms with Crippen LogP contribution in [0.15, 0.2) is 52.9 Å². The molecule has 6 fully saturated rings. The molecule has 4 aliphatic heterocycles. The second-order valence-electron chi connectivity index (χ2n) is 22.4. The van der Waals surface area contributed by atoms with Gasteiger partial charge in [0.05, 0.1) is 80.1 Å². The van der Waals surface area contributed by atoms with E-state index in [-0.39, 0.29) is 67.1 Å². The Morgan fingerprint density at radius 3 is 2.60 bits per heavy atom. The smallest absolute Gasteiger partial charge is 0.293 e. The van der Waals surface area contributed by atoms with E-state index in [9.17, 15) is 14.7 Å². The number of aliphatic hydroxyl groups excluding tert-OH is 1. The topological polar surface area (TPSA) is 217 Å². The van der Waals surface area contributed by atoms with Gasteiger partial charge in [-0.1, -0.05) is 38.7 Å². The number of benzene rings is 1. The third-order valence-electron chi connectivity index (χ3n) is 16.3. The van der Waals surface area contributed by atoms with Crippen LogP contribution in [0.1, 0.15) is 106 Å². The summed E-state index contributed by atoms with van der Waals surface area (Å²) in [5.41, 5.74) is 10.5. The van der Waals surface area contributed by atoms with E-state index in [0.717, 1.165) is 76.1 Å². The summed E-state index contributed by atoms with van der Waals surface area (Å²) in [6, 6.07) is 6.86. The molecular formula is C58H75N9O10S. The molecule has 5 aromatic rings. The molecule has 0 radical (unpaired) electrons. The van der Waals surface area contributed by atoms with Gasteiger partial charge in [-0.05, 0) is 81.5 Å². The van der Waals surface area contributed by atoms with Gasteiger partial charge in [0.2, 0.25) is 5.91 Å². The third-order valence-corrected chi connectivity index (χ3v) is 17.3. The first kappa shape index (κ1) is 55.7. The van der Waals surface area contributed by atoms with E-state index in [2.05, 4.69) is 85.8 Å². The minimum atomic E-state index is -0.951. The highest BCUT2D eigenvalue weighted by atomic mass is 32.1. The zero-order chi connectivity index (χ0) is 54.5. The number of oxazole rings is 1. The number of thiazole rings is 1. The van der Waals surface area contributed by atoms with Gasteiger partial charge >= 0.3 is 0 Å². The minimum absolute atomic E-state index is 0.00677. The Balaban J connectivity index is 1.08. The van der Waals surface area contributed by atoms with Crippen LogP contribution in [0.3, 0.4) is 0 Å². The maximum absolute atomic E-state index is 15.2. The Bertz CT molecular complexity index is 2930. The Kier molecular flexibility index (Phi) is 17.7. The number of hydrogen-bond acceptors (Lipinski definition) is 17. The van der Waals surface area contributed by atoms with Gasteiger partial charge in [0, 0.05) is 116 Å². The van der Waals surface area contributed by atoms with Gasteiger partial charge in [0.1, 0.15) is 17.3 Å². The average molecular weight is 1090 g/mol. The average Bonchev–Trinajstić information content (AvgIpc) is 4.02. The van der Waals surface area contributed by atoms with E-state index >= 15 is 4.79 Å². The summed E-state index contributed by atoms with van der Waals surface area (Å²) in [4.78, 5) is 58.6. The zero-order valence-electron chi connectivity index (χ0n) is 45.7. The van der Waals surface area contributed by atoms with Gasteiger partial charge < -0.3 is 48.4 Å². The van der Waals surface area contributed by atoms with Crippen LogP contribution < -0.4 is 16.1 Å². The number of rotatable bonds is 23. The van der Waals surface area contributed by atoms with Crippen molar-refractivity contribution in [2.45, 2.75) is 116 Å². The number of nitrogens with zero attached hydrogens (tertiary/aromatic N) is 6. The SMILES string of the molecule is CO[C@@H](C)c1ncc(C#C[C@@H](C)NCCO)cc1-c1c(CC(C)(C)COC=O)c2cc(-c3csc([C@H]([C@H](NC(=O)C4[C@@H](C)[C@H]4c4cocn4)C(=O)N4NCC5CC4C5)N4CCOCC4)n3)ccc2n1CCOC1CCOCC1. The number of pyridine rings is 1. The summed E-state index contributed by atoms with van der Waals surface area (Å²) < 4.78 is 37.3. The highest BCUT2D eigenvalue weighted by molar-refractivity contribution is 7.10. The lowest BCUT2D eigenvalue weighted by Crippen LogP contribution is -2.67. The highest BCUT2D eigenvalue weighted by Gasteiger charge is 2.55. The quantitative estimate of drug-likeness (QED) is 0.0448. The first-order valence-electron chi connectivity index (χ1n) is 27.7. The molecule has 1 unspecified atom stereocenters. The van der Waals surface area contributed by atoms with Crippen molar-refractivity contribution in [2.24, 2.45) is 23.2 Å². The number of amides is 2. The van der Waals surface area contributed by atoms with Crippen molar-refractivity contribution in [1.82, 2.24) is 45.5 Å². The fourth-order valence-corrected chi connectivity index (χ4v) is 12.9. The number of ether oxygens (including phenoxy) is 5. The largest absolute Gasteiger partial charge is 0.467 e. The molecule has 78 heavy (non-hydrogen) atoms. The number of morpholine rings is 1. The molecule has 418 valence electrons. The van der Waals surface area contributed by atoms with E-state index in [0.29, 0.717) is 95.1 Å². The molecule has 6 aliphatic rings. The van der Waals surface area contributed by atoms with Crippen LogP contribution in [-0.2, 0) is 51.0 Å². The summed E-state index contributed by atoms with van der Waals surface area (Å²) in [5, 5.41) is 21.5. The standard InChI is InChI=1S/C58H75N9O10S/c1-35(59-13-17-68)7-8-38-25-44(51(60-28-38)37(3)72-6)53-45(27-58(4,5)32-76-34-69)43-26-40(9-10-48(43)66(53)16-22-77-42-11-18-73-19-12-42)47-31-78-56(63-47)54(65-14-20-74-21-15-65)52(57(71)67-41-23-39(24-41)29-62-67)64-55(70)50-36(2)49(50)46-30-75-33-61-46/h9-10,25-26,28,30-31,33-37,39,41-42,49-50,52,54,59,62,68H,11-24,27,29,32H2,1-6H3,(H,64,70)/t35-,36+,37+,39?,41?,49+,50?,52+,54+/m1/s1. The molecule has 20 heteroatoms. The highest BCUT2D eigenvalue weighted by Crippen LogP contribution is 2.53. The van der Waals surface area contributed by atoms with Gasteiger partial charge in [-0.15, -0.1) is 11.3 Å². The molecular weight excluding hydrogens is 1010 g/mol. The minimum Gasteiger partial charge on any atom is -0.467 e. The summed E-state index contributed by atoms with van der Waals surface area (Å²) in [5.74, 6) is 6.35. The molecule has 8 heterocycles. The summed E-state index contributed by atoms with van der Waals surface area (Å²) in [6.45, 7) is 16.4. The van der Waals surface area contributed by atoms with Crippen LogP contribution in [-0.4, -0.2) is 157 Å². The summed E-state index contributed by atoms with van der Waals surface area (Å²) in [6.07, 6.45) is 8.49. The fourth-order valence-electron chi connectivity index (χ4n) is 11.9. The van der Waals surface area contributed by atoms with Crippen LogP contribution in [0.4, 0.5) is 0 Å². The van der Waals surface area contributed by atoms with Crippen LogP contribution in [0.2, 0.25) is 0 Å². The molecule has 0 spiro atoms. The third kappa shape index (κ3) is 12.2. The van der Waals surface area contributed by atoms with Crippen LogP contribution in [0.5, 0.6) is 0 Å². The maximum Gasteiger partial charge on any atom is 0.293 e. The van der Waals surface area contributed by atoms with Crippen molar-refractivity contribution in [3.8, 4) is 34.4 Å². The lowest BCUT2D eigenvalue weighted by Gasteiger charge is -2.50. The number of hydrazine groups is 1. The molecule has 7 atom stereocenters. The summed E-state index contributed by atoms with van der Waals surface area (Å²) in [7, 11) is 1.68. The molecule has 1 aromatic carbocycles. The van der Waals surface area contributed by atoms with Gasteiger partial charge in [0.25, 0.3) is 12.4 Å². The lowest BCUT2D eigenvalue weighted by molar-refractivity contribution is -0.154. The molecule has 11 rings (SSSR count). The van der Waals surface area contributed by atoms with Crippen molar-refractivity contribution in [3.05, 3.63) is 76.0 Å². The van der Waals surface area contributed by atoms with Crippen molar-refractivity contribution < 1.29 is 47.6 Å². The predicted octanol–water partition coefficient (Wildman–Crippen LogP) is 5.81. The van der Waals surface area contributed by atoms with Gasteiger partial charge in [0.15, 0.2) is 6.39 Å². The fraction of sp³-hybridized carbons (Fsp3) is 0.586. The molecule has 4 aromatic heterocycles. The monoisotopic (exact) mass is 1090 g/mol. The first-order chi connectivity index (χ1) is 37.9. The molecule has 19 nitrogen and oxygen atoms in total.